The first-order valence-electron chi connectivity index (χ1n) is 8.32. The van der Waals surface area contributed by atoms with Crippen LogP contribution in [0, 0.1) is 13.8 Å². The molecule has 1 aliphatic heterocycles. The fourth-order valence-corrected chi connectivity index (χ4v) is 2.96. The Balaban J connectivity index is 1.92. The predicted molar refractivity (Wildman–Crippen MR) is 91.3 cm³/mol. The zero-order valence-electron chi connectivity index (χ0n) is 14.6. The molecule has 0 aliphatic carbocycles. The number of nitrogens with one attached hydrogen (secondary N) is 1. The molecule has 1 fully saturated rings. The summed E-state index contributed by atoms with van der Waals surface area (Å²) >= 11 is 0. The van der Waals surface area contributed by atoms with Crippen LogP contribution >= 0.6 is 0 Å². The number of nitrogens with zero attached hydrogens (tertiary/aromatic N) is 2. The van der Waals surface area contributed by atoms with E-state index in [9.17, 15) is 9.59 Å². The topological polar surface area (TPSA) is 52.7 Å². The molecule has 1 saturated heterocycles. The lowest BCUT2D eigenvalue weighted by Gasteiger charge is -2.35. The lowest BCUT2D eigenvalue weighted by Crippen LogP contribution is -2.53. The average molecular weight is 317 g/mol. The van der Waals surface area contributed by atoms with Gasteiger partial charge in [-0.2, -0.15) is 0 Å². The van der Waals surface area contributed by atoms with E-state index in [1.165, 1.54) is 11.1 Å². The van der Waals surface area contributed by atoms with Crippen LogP contribution in [0.3, 0.4) is 0 Å². The summed E-state index contributed by atoms with van der Waals surface area (Å²) in [5.41, 5.74) is 3.53. The number of carbonyl (C=O) groups is 2. The van der Waals surface area contributed by atoms with Crippen molar-refractivity contribution in [3.8, 4) is 0 Å². The van der Waals surface area contributed by atoms with Gasteiger partial charge in [0.2, 0.25) is 5.91 Å². The van der Waals surface area contributed by atoms with Gasteiger partial charge < -0.3 is 15.1 Å². The van der Waals surface area contributed by atoms with Gasteiger partial charge in [-0.1, -0.05) is 30.7 Å². The molecule has 1 aromatic carbocycles. The van der Waals surface area contributed by atoms with Crippen molar-refractivity contribution in [3.63, 3.8) is 0 Å². The third-order valence-corrected chi connectivity index (χ3v) is 4.46. The molecule has 1 aliphatic rings. The summed E-state index contributed by atoms with van der Waals surface area (Å²) in [6, 6.07) is 6.21. The van der Waals surface area contributed by atoms with Crippen LogP contribution in [0.4, 0.5) is 4.79 Å². The third kappa shape index (κ3) is 4.24. The second-order valence-electron chi connectivity index (χ2n) is 6.25. The fourth-order valence-electron chi connectivity index (χ4n) is 2.96. The summed E-state index contributed by atoms with van der Waals surface area (Å²) in [4.78, 5) is 27.7. The number of rotatable bonds is 3. The van der Waals surface area contributed by atoms with Gasteiger partial charge in [0.25, 0.3) is 0 Å². The van der Waals surface area contributed by atoms with Crippen LogP contribution in [0.15, 0.2) is 18.2 Å². The van der Waals surface area contributed by atoms with E-state index in [4.69, 9.17) is 0 Å². The maximum absolute atomic E-state index is 12.4. The van der Waals surface area contributed by atoms with Crippen molar-refractivity contribution in [1.82, 2.24) is 15.1 Å². The molecule has 1 heterocycles. The fraction of sp³-hybridized carbons (Fsp3) is 0.556. The SMILES string of the molecule is CCC(=O)N1CCN(C(=O)N[C@@H](C)c2cc(C)ccc2C)CC1. The Kier molecular flexibility index (Phi) is 5.64. The molecule has 5 nitrogen and oxygen atoms in total. The zero-order valence-corrected chi connectivity index (χ0v) is 14.6. The maximum atomic E-state index is 12.4. The molecule has 0 aromatic heterocycles. The van der Waals surface area contributed by atoms with Gasteiger partial charge in [-0.15, -0.1) is 0 Å². The van der Waals surface area contributed by atoms with Crippen LogP contribution in [0.5, 0.6) is 0 Å². The molecule has 0 unspecified atom stereocenters. The van der Waals surface area contributed by atoms with Crippen molar-refractivity contribution in [2.75, 3.05) is 26.2 Å². The largest absolute Gasteiger partial charge is 0.339 e. The molecule has 0 bridgehead atoms. The molecular weight excluding hydrogens is 290 g/mol. The van der Waals surface area contributed by atoms with Gasteiger partial charge in [-0.3, -0.25) is 4.79 Å². The van der Waals surface area contributed by atoms with Crippen molar-refractivity contribution in [2.45, 2.75) is 40.2 Å². The second kappa shape index (κ2) is 7.49. The minimum atomic E-state index is -0.0537. The van der Waals surface area contributed by atoms with Crippen LogP contribution in [-0.4, -0.2) is 47.9 Å². The van der Waals surface area contributed by atoms with Gasteiger partial charge in [0.1, 0.15) is 0 Å². The molecule has 126 valence electrons. The molecule has 0 radical (unpaired) electrons. The minimum absolute atomic E-state index is 0.0299. The molecule has 1 aromatic rings. The van der Waals surface area contributed by atoms with Gasteiger partial charge in [-0.25, -0.2) is 4.79 Å². The van der Waals surface area contributed by atoms with E-state index in [0.29, 0.717) is 32.6 Å². The van der Waals surface area contributed by atoms with Crippen LogP contribution in [-0.2, 0) is 4.79 Å². The molecule has 2 rings (SSSR count). The minimum Gasteiger partial charge on any atom is -0.339 e. The summed E-state index contributed by atoms with van der Waals surface area (Å²) in [6.07, 6.45) is 0.524. The van der Waals surface area contributed by atoms with Crippen LogP contribution in [0.25, 0.3) is 0 Å². The second-order valence-corrected chi connectivity index (χ2v) is 6.25. The number of urea groups is 1. The van der Waals surface area contributed by atoms with Gasteiger partial charge >= 0.3 is 6.03 Å². The summed E-state index contributed by atoms with van der Waals surface area (Å²) in [5.74, 6) is 0.161. The predicted octanol–water partition coefficient (Wildman–Crippen LogP) is 2.63. The average Bonchev–Trinajstić information content (AvgIpc) is 2.56. The summed E-state index contributed by atoms with van der Waals surface area (Å²) in [6.45, 7) is 10.4. The molecule has 23 heavy (non-hydrogen) atoms. The highest BCUT2D eigenvalue weighted by Gasteiger charge is 2.24. The molecule has 0 saturated carbocycles. The summed E-state index contributed by atoms with van der Waals surface area (Å²) < 4.78 is 0. The number of amides is 3. The van der Waals surface area contributed by atoms with E-state index in [0.717, 1.165) is 5.56 Å². The molecule has 0 spiro atoms. The molecule has 5 heteroatoms. The lowest BCUT2D eigenvalue weighted by atomic mass is 10.00. The molecule has 1 N–H and O–H groups in total. The number of aryl methyl sites for hydroxylation is 2. The number of hydrogen-bond donors (Lipinski definition) is 1. The van der Waals surface area contributed by atoms with Crippen LogP contribution < -0.4 is 5.32 Å². The molecular formula is C18H27N3O2. The molecule has 1 atom stereocenters. The van der Waals surface area contributed by atoms with Crippen molar-refractivity contribution >= 4 is 11.9 Å². The quantitative estimate of drug-likeness (QED) is 0.932. The van der Waals surface area contributed by atoms with Crippen LogP contribution in [0.1, 0.15) is 43.0 Å². The Bertz CT molecular complexity index is 578. The van der Waals surface area contributed by atoms with Crippen molar-refractivity contribution in [3.05, 3.63) is 34.9 Å². The van der Waals surface area contributed by atoms with E-state index >= 15 is 0 Å². The van der Waals surface area contributed by atoms with E-state index in [2.05, 4.69) is 37.4 Å². The third-order valence-electron chi connectivity index (χ3n) is 4.46. The Labute approximate surface area is 138 Å². The van der Waals surface area contributed by atoms with Crippen molar-refractivity contribution < 1.29 is 9.59 Å². The van der Waals surface area contributed by atoms with Gasteiger partial charge in [-0.05, 0) is 31.9 Å². The first kappa shape index (κ1) is 17.3. The van der Waals surface area contributed by atoms with Gasteiger partial charge in [0.15, 0.2) is 0 Å². The zero-order chi connectivity index (χ0) is 17.0. The van der Waals surface area contributed by atoms with Crippen molar-refractivity contribution in [2.24, 2.45) is 0 Å². The Morgan fingerprint density at radius 1 is 1.13 bits per heavy atom. The number of carbonyl (C=O) groups excluding carboxylic acids is 2. The monoisotopic (exact) mass is 317 g/mol. The van der Waals surface area contributed by atoms with E-state index < -0.39 is 0 Å². The highest BCUT2D eigenvalue weighted by Crippen LogP contribution is 2.19. The first-order valence-corrected chi connectivity index (χ1v) is 8.32. The van der Waals surface area contributed by atoms with Gasteiger partial charge in [0, 0.05) is 32.6 Å². The summed E-state index contributed by atoms with van der Waals surface area (Å²) in [5, 5.41) is 3.08. The normalized spacial score (nSPS) is 16.2. The van der Waals surface area contributed by atoms with E-state index in [-0.39, 0.29) is 18.0 Å². The number of benzene rings is 1. The Morgan fingerprint density at radius 3 is 2.35 bits per heavy atom. The maximum Gasteiger partial charge on any atom is 0.317 e. The highest BCUT2D eigenvalue weighted by atomic mass is 16.2. The smallest absolute Gasteiger partial charge is 0.317 e. The lowest BCUT2D eigenvalue weighted by molar-refractivity contribution is -0.132. The highest BCUT2D eigenvalue weighted by molar-refractivity contribution is 5.77. The van der Waals surface area contributed by atoms with E-state index in [1.54, 1.807) is 4.90 Å². The number of piperazine rings is 1. The first-order chi connectivity index (χ1) is 10.9. The molecule has 3 amide bonds. The summed E-state index contributed by atoms with van der Waals surface area (Å²) in [7, 11) is 0. The van der Waals surface area contributed by atoms with Crippen LogP contribution in [0.2, 0.25) is 0 Å². The van der Waals surface area contributed by atoms with E-state index in [1.807, 2.05) is 18.7 Å². The van der Waals surface area contributed by atoms with Crippen molar-refractivity contribution in [1.29, 1.82) is 0 Å². The Hall–Kier alpha value is -2.04. The van der Waals surface area contributed by atoms with Gasteiger partial charge in [0.05, 0.1) is 6.04 Å². The Morgan fingerprint density at radius 2 is 1.74 bits per heavy atom. The number of hydrogen-bond acceptors (Lipinski definition) is 2. The standard InChI is InChI=1S/C18H27N3O2/c1-5-17(22)20-8-10-21(11-9-20)18(23)19-15(4)16-12-13(2)6-7-14(16)3/h6-7,12,15H,5,8-11H2,1-4H3,(H,19,23)/t15-/m0/s1.